The van der Waals surface area contributed by atoms with Gasteiger partial charge in [0.05, 0.1) is 18.3 Å². The van der Waals surface area contributed by atoms with E-state index in [4.69, 9.17) is 10.5 Å². The van der Waals surface area contributed by atoms with E-state index in [0.29, 0.717) is 48.9 Å². The summed E-state index contributed by atoms with van der Waals surface area (Å²) in [6.07, 6.45) is 9.99. The molecule has 290 valence electrons. The van der Waals surface area contributed by atoms with Crippen LogP contribution in [0.3, 0.4) is 0 Å². The number of aromatic hydroxyl groups is 1. The molecule has 3 aliphatic carbocycles. The van der Waals surface area contributed by atoms with Gasteiger partial charge in [-0.2, -0.15) is 11.9 Å². The van der Waals surface area contributed by atoms with Gasteiger partial charge in [0.25, 0.3) is 0 Å². The maximum Gasteiger partial charge on any atom is 0.161 e. The van der Waals surface area contributed by atoms with Crippen molar-refractivity contribution in [2.24, 2.45) is 23.7 Å². The molecule has 7 N–H and O–H groups in total. The number of nitrogen functional groups attached to an aromatic ring is 1. The molecule has 0 saturated carbocycles. The highest BCUT2D eigenvalue weighted by molar-refractivity contribution is 8.76. The molecule has 0 fully saturated rings. The van der Waals surface area contributed by atoms with Gasteiger partial charge >= 0.3 is 0 Å². The number of pyridine rings is 1. The number of hydrogen-bond donors (Lipinski definition) is 6. The van der Waals surface area contributed by atoms with Crippen LogP contribution in [0.15, 0.2) is 54.4 Å². The van der Waals surface area contributed by atoms with E-state index in [0.717, 1.165) is 66.5 Å². The van der Waals surface area contributed by atoms with Crippen LogP contribution in [-0.4, -0.2) is 67.3 Å². The van der Waals surface area contributed by atoms with Gasteiger partial charge in [-0.3, -0.25) is 0 Å². The first-order valence-corrected chi connectivity index (χ1v) is 22.2. The molecule has 7 rings (SSSR count). The standard InChI is InChI=1S/C43H54N3O6S2/c1-2-25-6-3-4-8-36(48)41-28(10-9-25)16-26-11-12-27-18-37(49)39(21-34(27)33(26)20-38(41)50)52-40-19-29(17-31-7-5-14-45-31)32-13-15-46-43(44)35(32)24-54-53-23-30(22-47)42(40)51/h5,7,13-16,18,21,25,28-30,33,36,38,40-42,47-51H,2-4,6,8,11-12,17,19-20,22-24H2,1H3,(H2,44,46)/q-1/t25-,28+,29+,30+,33-,36+,38-,40-,41-,42-/m1/s1. The molecular formula is C43H54N3O6S2-. The predicted molar refractivity (Wildman–Crippen MR) is 215 cm³/mol. The molecule has 3 heterocycles. The number of hydrogen-bond acceptors (Lipinski definition) is 10. The van der Waals surface area contributed by atoms with Gasteiger partial charge in [-0.1, -0.05) is 77.0 Å². The van der Waals surface area contributed by atoms with Gasteiger partial charge in [0.1, 0.15) is 11.9 Å². The summed E-state index contributed by atoms with van der Waals surface area (Å²) in [4.78, 5) is 8.96. The summed E-state index contributed by atoms with van der Waals surface area (Å²) in [7, 11) is 3.20. The quantitative estimate of drug-likeness (QED) is 0.0951. The van der Waals surface area contributed by atoms with Crippen LogP contribution in [0.4, 0.5) is 5.82 Å². The zero-order valence-corrected chi connectivity index (χ0v) is 32.7. The van der Waals surface area contributed by atoms with E-state index in [1.165, 1.54) is 5.57 Å². The second kappa shape index (κ2) is 17.8. The normalized spacial score (nSPS) is 31.8. The molecule has 1 aromatic carbocycles. The minimum atomic E-state index is -1.04. The van der Waals surface area contributed by atoms with Crippen LogP contribution in [0.1, 0.15) is 98.1 Å². The van der Waals surface area contributed by atoms with Crippen LogP contribution in [-0.2, 0) is 18.6 Å². The van der Waals surface area contributed by atoms with Crippen molar-refractivity contribution in [3.63, 3.8) is 0 Å². The zero-order valence-electron chi connectivity index (χ0n) is 31.0. The van der Waals surface area contributed by atoms with Crippen LogP contribution in [0.25, 0.3) is 0 Å². The summed E-state index contributed by atoms with van der Waals surface area (Å²) >= 11 is 0. The van der Waals surface area contributed by atoms with Gasteiger partial charge in [-0.15, -0.1) is 0 Å². The minimum absolute atomic E-state index is 0.00789. The molecule has 0 saturated heterocycles. The molecule has 9 nitrogen and oxygen atoms in total. The molecule has 0 spiro atoms. The molecule has 54 heavy (non-hydrogen) atoms. The highest BCUT2D eigenvalue weighted by Gasteiger charge is 2.41. The highest BCUT2D eigenvalue weighted by atomic mass is 33.1. The molecule has 2 aromatic heterocycles. The SMILES string of the molecule is CC[C@H]1C#C[C@H]2C=C3CCc4cc(O)c(O[C@@H]5C[C@H](Cc6ccc[n-]6)c6ccnc(N)c6CSSC[C@H](CO)[C@H]5O)cc4[C@@H]3C[C@@H](O)[C@H]2[C@@H](O)CCCC1. The second-order valence-corrected chi connectivity index (χ2v) is 18.1. The number of phenolic OH excluding ortho intramolecular Hbond substituents is 1. The van der Waals surface area contributed by atoms with Gasteiger partial charge < -0.3 is 41.0 Å². The molecule has 11 heteroatoms. The van der Waals surface area contributed by atoms with Crippen molar-refractivity contribution in [3.8, 4) is 23.3 Å². The number of allylic oxidation sites excluding steroid dienone is 2. The first-order chi connectivity index (χ1) is 26.2. The number of anilines is 1. The van der Waals surface area contributed by atoms with E-state index in [1.54, 1.807) is 40.0 Å². The van der Waals surface area contributed by atoms with Gasteiger partial charge in [-0.25, -0.2) is 4.98 Å². The lowest BCUT2D eigenvalue weighted by molar-refractivity contribution is -0.0196. The summed E-state index contributed by atoms with van der Waals surface area (Å²) in [5.74, 6) is 7.81. The third-order valence-corrected chi connectivity index (χ3v) is 14.6. The average Bonchev–Trinajstić information content (AvgIpc) is 3.62. The smallest absolute Gasteiger partial charge is 0.161 e. The van der Waals surface area contributed by atoms with Gasteiger partial charge in [0.2, 0.25) is 0 Å². The zero-order chi connectivity index (χ0) is 37.8. The fourth-order valence-electron chi connectivity index (χ4n) is 9.13. The van der Waals surface area contributed by atoms with Crippen molar-refractivity contribution in [3.05, 3.63) is 82.3 Å². The third-order valence-electron chi connectivity index (χ3n) is 12.2. The van der Waals surface area contributed by atoms with Crippen molar-refractivity contribution in [2.45, 2.75) is 113 Å². The Hall–Kier alpha value is -3.11. The summed E-state index contributed by atoms with van der Waals surface area (Å²) in [6, 6.07) is 9.56. The lowest BCUT2D eigenvalue weighted by Gasteiger charge is -2.34. The van der Waals surface area contributed by atoms with Crippen molar-refractivity contribution >= 4 is 27.4 Å². The largest absolute Gasteiger partial charge is 0.668 e. The van der Waals surface area contributed by atoms with Crippen LogP contribution in [0.5, 0.6) is 11.5 Å². The summed E-state index contributed by atoms with van der Waals surface area (Å²) in [5, 5.41) is 57.2. The van der Waals surface area contributed by atoms with E-state index in [9.17, 15) is 25.5 Å². The Balaban J connectivity index is 1.25. The second-order valence-electron chi connectivity index (χ2n) is 15.6. The van der Waals surface area contributed by atoms with Gasteiger partial charge in [-0.05, 0) is 92.2 Å². The van der Waals surface area contributed by atoms with Crippen molar-refractivity contribution in [1.82, 2.24) is 9.97 Å². The van der Waals surface area contributed by atoms with E-state index in [-0.39, 0.29) is 41.8 Å². The number of nitrogens with zero attached hydrogens (tertiary/aromatic N) is 2. The molecule has 1 aliphatic heterocycles. The Kier molecular flexibility index (Phi) is 12.9. The summed E-state index contributed by atoms with van der Waals surface area (Å²) < 4.78 is 6.76. The summed E-state index contributed by atoms with van der Waals surface area (Å²) in [5.41, 5.74) is 12.5. The number of aromatic nitrogens is 2. The predicted octanol–water partition coefficient (Wildman–Crippen LogP) is 6.27. The highest BCUT2D eigenvalue weighted by Crippen LogP contribution is 2.48. The molecule has 0 unspecified atom stereocenters. The molecule has 0 radical (unpaired) electrons. The number of phenols is 1. The lowest BCUT2D eigenvalue weighted by Crippen LogP contribution is -2.41. The molecular weight excluding hydrogens is 719 g/mol. The van der Waals surface area contributed by atoms with Crippen LogP contribution < -0.4 is 15.5 Å². The third kappa shape index (κ3) is 8.64. The monoisotopic (exact) mass is 772 g/mol. The maximum absolute atomic E-state index is 12.0. The topological polar surface area (TPSA) is 163 Å². The fourth-order valence-corrected chi connectivity index (χ4v) is 11.6. The molecule has 10 atom stereocenters. The first kappa shape index (κ1) is 39.1. The molecule has 0 bridgehead atoms. The molecule has 0 amide bonds. The van der Waals surface area contributed by atoms with Crippen LogP contribution >= 0.6 is 21.6 Å². The Labute approximate surface area is 327 Å². The van der Waals surface area contributed by atoms with Gasteiger partial charge in [0.15, 0.2) is 11.5 Å². The van der Waals surface area contributed by atoms with Crippen molar-refractivity contribution in [2.75, 3.05) is 18.1 Å². The number of fused-ring (bicyclic) bond motifs is 5. The number of ether oxygens (including phenoxy) is 1. The van der Waals surface area contributed by atoms with Gasteiger partial charge in [0, 0.05) is 59.5 Å². The Morgan fingerprint density at radius 3 is 2.67 bits per heavy atom. The van der Waals surface area contributed by atoms with E-state index < -0.39 is 30.3 Å². The number of rotatable bonds is 6. The first-order valence-electron chi connectivity index (χ1n) is 19.7. The number of nitrogens with two attached hydrogens (primary N) is 1. The maximum atomic E-state index is 12.0. The Morgan fingerprint density at radius 1 is 1.02 bits per heavy atom. The Morgan fingerprint density at radius 2 is 1.87 bits per heavy atom. The number of aliphatic hydroxyl groups is 4. The number of benzene rings is 1. The van der Waals surface area contributed by atoms with Crippen molar-refractivity contribution in [1.29, 1.82) is 0 Å². The average molecular weight is 773 g/mol. The fraction of sp³-hybridized carbons (Fsp3) is 0.558. The van der Waals surface area contributed by atoms with Crippen molar-refractivity contribution < 1.29 is 30.3 Å². The van der Waals surface area contributed by atoms with E-state index >= 15 is 0 Å². The van der Waals surface area contributed by atoms with E-state index in [1.807, 2.05) is 24.3 Å². The van der Waals surface area contributed by atoms with Crippen LogP contribution in [0.2, 0.25) is 0 Å². The van der Waals surface area contributed by atoms with Crippen LogP contribution in [0, 0.1) is 35.5 Å². The number of aryl methyl sites for hydroxylation is 1. The minimum Gasteiger partial charge on any atom is -0.668 e. The summed E-state index contributed by atoms with van der Waals surface area (Å²) in [6.45, 7) is 1.95. The molecule has 3 aromatic rings. The van der Waals surface area contributed by atoms with E-state index in [2.05, 4.69) is 34.8 Å². The lowest BCUT2D eigenvalue weighted by atomic mass is 9.76. The number of aliphatic hydroxyl groups excluding tert-OH is 4. The Bertz CT molecular complexity index is 1820. The molecule has 4 aliphatic rings.